The Morgan fingerprint density at radius 2 is 2.11 bits per heavy atom. The van der Waals surface area contributed by atoms with E-state index in [4.69, 9.17) is 14.2 Å². The maximum absolute atomic E-state index is 14.0. The van der Waals surface area contributed by atoms with Crippen LogP contribution >= 0.6 is 0 Å². The SMILES string of the molecule is COc1cccc2c1OCc1cn(nn1)CCCOc1ccc(F)cc1C(=O)NC1CCN(C2)C1. The topological polar surface area (TPSA) is 90.7 Å². The van der Waals surface area contributed by atoms with Gasteiger partial charge in [-0.1, -0.05) is 17.3 Å². The molecule has 5 rings (SSSR count). The van der Waals surface area contributed by atoms with E-state index in [-0.39, 0.29) is 24.1 Å². The third-order valence-corrected chi connectivity index (χ3v) is 6.21. The molecule has 0 spiro atoms. The zero-order chi connectivity index (χ0) is 24.2. The molecule has 10 heteroatoms. The molecule has 1 fully saturated rings. The van der Waals surface area contributed by atoms with Crippen molar-refractivity contribution in [2.45, 2.75) is 38.6 Å². The molecule has 2 aliphatic heterocycles. The minimum absolute atomic E-state index is 0.0511. The molecule has 3 aromatic rings. The van der Waals surface area contributed by atoms with Crippen LogP contribution in [0.4, 0.5) is 4.39 Å². The second kappa shape index (κ2) is 10.3. The molecule has 1 N–H and O–H groups in total. The number of hydrogen-bond acceptors (Lipinski definition) is 7. The van der Waals surface area contributed by atoms with Crippen LogP contribution < -0.4 is 19.5 Å². The van der Waals surface area contributed by atoms with Crippen LogP contribution in [-0.2, 0) is 19.7 Å². The monoisotopic (exact) mass is 481 g/mol. The fourth-order valence-electron chi connectivity index (χ4n) is 4.48. The summed E-state index contributed by atoms with van der Waals surface area (Å²) < 4.78 is 33.2. The van der Waals surface area contributed by atoms with Crippen molar-refractivity contribution in [1.29, 1.82) is 0 Å². The maximum atomic E-state index is 14.0. The van der Waals surface area contributed by atoms with E-state index in [2.05, 4.69) is 20.5 Å². The van der Waals surface area contributed by atoms with Crippen molar-refractivity contribution in [2.24, 2.45) is 0 Å². The van der Waals surface area contributed by atoms with Gasteiger partial charge in [-0.2, -0.15) is 0 Å². The van der Waals surface area contributed by atoms with Crippen LogP contribution in [-0.4, -0.2) is 58.6 Å². The number of nitrogens with zero attached hydrogens (tertiary/aromatic N) is 4. The zero-order valence-corrected chi connectivity index (χ0v) is 19.6. The first-order valence-corrected chi connectivity index (χ1v) is 11.7. The number of amides is 1. The van der Waals surface area contributed by atoms with Crippen LogP contribution in [0.25, 0.3) is 0 Å². The average molecular weight is 482 g/mol. The van der Waals surface area contributed by atoms with Crippen LogP contribution in [0.2, 0.25) is 0 Å². The number of aryl methyl sites for hydroxylation is 1. The molecule has 184 valence electrons. The molecule has 0 saturated carbocycles. The summed E-state index contributed by atoms with van der Waals surface area (Å²) in [5.74, 6) is 0.879. The lowest BCUT2D eigenvalue weighted by Crippen LogP contribution is -2.37. The predicted octanol–water partition coefficient (Wildman–Crippen LogP) is 2.79. The number of benzene rings is 2. The Morgan fingerprint density at radius 1 is 1.20 bits per heavy atom. The molecule has 35 heavy (non-hydrogen) atoms. The van der Waals surface area contributed by atoms with Gasteiger partial charge in [-0.3, -0.25) is 14.4 Å². The van der Waals surface area contributed by atoms with Crippen LogP contribution in [0.5, 0.6) is 17.2 Å². The van der Waals surface area contributed by atoms with Gasteiger partial charge in [-0.05, 0) is 30.7 Å². The highest BCUT2D eigenvalue weighted by Gasteiger charge is 2.27. The first-order chi connectivity index (χ1) is 17.1. The lowest BCUT2D eigenvalue weighted by molar-refractivity contribution is 0.0932. The van der Waals surface area contributed by atoms with Crippen LogP contribution in [0.15, 0.2) is 42.6 Å². The molecule has 9 nitrogen and oxygen atoms in total. The van der Waals surface area contributed by atoms with Crippen molar-refractivity contribution in [1.82, 2.24) is 25.2 Å². The predicted molar refractivity (Wildman–Crippen MR) is 125 cm³/mol. The minimum atomic E-state index is -0.477. The Bertz CT molecular complexity index is 1200. The molecule has 3 heterocycles. The van der Waals surface area contributed by atoms with Crippen molar-refractivity contribution < 1.29 is 23.4 Å². The Hall–Kier alpha value is -3.66. The molecular weight excluding hydrogens is 453 g/mol. The van der Waals surface area contributed by atoms with Crippen molar-refractivity contribution >= 4 is 5.91 Å². The van der Waals surface area contributed by atoms with E-state index < -0.39 is 5.82 Å². The molecule has 0 aliphatic carbocycles. The third-order valence-electron chi connectivity index (χ3n) is 6.21. The average Bonchev–Trinajstić information content (AvgIpc) is 3.50. The van der Waals surface area contributed by atoms with Crippen LogP contribution in [0.3, 0.4) is 0 Å². The van der Waals surface area contributed by atoms with Crippen molar-refractivity contribution in [3.63, 3.8) is 0 Å². The molecule has 1 saturated heterocycles. The smallest absolute Gasteiger partial charge is 0.255 e. The fraction of sp³-hybridized carbons (Fsp3) is 0.400. The van der Waals surface area contributed by atoms with E-state index in [0.29, 0.717) is 55.6 Å². The molecule has 4 bridgehead atoms. The van der Waals surface area contributed by atoms with E-state index in [1.807, 2.05) is 24.4 Å². The Morgan fingerprint density at radius 3 is 3.00 bits per heavy atom. The van der Waals surface area contributed by atoms with Crippen molar-refractivity contribution in [2.75, 3.05) is 26.8 Å². The summed E-state index contributed by atoms with van der Waals surface area (Å²) in [6.45, 7) is 3.30. The van der Waals surface area contributed by atoms with Gasteiger partial charge in [0.25, 0.3) is 5.91 Å². The molecule has 2 unspecified atom stereocenters. The fourth-order valence-corrected chi connectivity index (χ4v) is 4.48. The highest BCUT2D eigenvalue weighted by molar-refractivity contribution is 5.97. The molecule has 2 aromatic carbocycles. The van der Waals surface area contributed by atoms with Crippen LogP contribution in [0.1, 0.15) is 34.5 Å². The number of hydrogen-bond donors (Lipinski definition) is 1. The number of methoxy groups -OCH3 is 1. The lowest BCUT2D eigenvalue weighted by atomic mass is 10.1. The molecule has 2 aliphatic rings. The Kier molecular flexibility index (Phi) is 6.80. The van der Waals surface area contributed by atoms with Gasteiger partial charge in [-0.15, -0.1) is 5.10 Å². The number of para-hydroxylation sites is 1. The summed E-state index contributed by atoms with van der Waals surface area (Å²) in [5.41, 5.74) is 1.90. The van der Waals surface area contributed by atoms with Gasteiger partial charge in [0.2, 0.25) is 0 Å². The summed E-state index contributed by atoms with van der Waals surface area (Å²) >= 11 is 0. The number of fused-ring (bicyclic) bond motifs is 6. The van der Waals surface area contributed by atoms with E-state index in [1.54, 1.807) is 11.8 Å². The summed E-state index contributed by atoms with van der Waals surface area (Å²) in [6.07, 6.45) is 3.27. The normalized spacial score (nSPS) is 20.7. The van der Waals surface area contributed by atoms with Gasteiger partial charge in [-0.25, -0.2) is 4.39 Å². The molecular formula is C25H28FN5O4. The number of halogens is 1. The van der Waals surface area contributed by atoms with Gasteiger partial charge in [0, 0.05) is 44.2 Å². The number of carbonyl (C=O) groups is 1. The van der Waals surface area contributed by atoms with Crippen molar-refractivity contribution in [3.8, 4) is 17.2 Å². The van der Waals surface area contributed by atoms with E-state index in [0.717, 1.165) is 18.5 Å². The summed E-state index contributed by atoms with van der Waals surface area (Å²) in [5, 5.41) is 11.4. The largest absolute Gasteiger partial charge is 0.493 e. The second-order valence-corrected chi connectivity index (χ2v) is 8.75. The molecule has 1 aromatic heterocycles. The summed E-state index contributed by atoms with van der Waals surface area (Å²) in [6, 6.07) is 9.80. The standard InChI is InChI=1S/C25H28FN5O4/c1-33-23-5-2-4-17-13-30-10-8-19(14-30)27-25(32)21-12-18(26)6-7-22(21)34-11-3-9-31-15-20(28-29-31)16-35-24(17)23/h2,4-7,12,15,19H,3,8-11,13-14,16H2,1H3,(H,27,32). The van der Waals surface area contributed by atoms with E-state index >= 15 is 0 Å². The molecule has 1 amide bonds. The van der Waals surface area contributed by atoms with E-state index in [1.165, 1.54) is 18.2 Å². The molecule has 2 atom stereocenters. The molecule has 0 radical (unpaired) electrons. The highest BCUT2D eigenvalue weighted by atomic mass is 19.1. The first kappa shape index (κ1) is 23.1. The van der Waals surface area contributed by atoms with Gasteiger partial charge in [0.05, 0.1) is 25.5 Å². The first-order valence-electron chi connectivity index (χ1n) is 11.7. The van der Waals surface area contributed by atoms with Crippen LogP contribution in [0, 0.1) is 5.82 Å². The second-order valence-electron chi connectivity index (χ2n) is 8.75. The quantitative estimate of drug-likeness (QED) is 0.572. The van der Waals surface area contributed by atoms with Gasteiger partial charge < -0.3 is 19.5 Å². The Labute approximate surface area is 202 Å². The number of ether oxygens (including phenoxy) is 3. The number of carbonyl (C=O) groups excluding carboxylic acids is 1. The maximum Gasteiger partial charge on any atom is 0.255 e. The van der Waals surface area contributed by atoms with E-state index in [9.17, 15) is 9.18 Å². The highest BCUT2D eigenvalue weighted by Crippen LogP contribution is 2.33. The number of nitrogens with one attached hydrogen (secondary N) is 1. The zero-order valence-electron chi connectivity index (χ0n) is 19.6. The van der Waals surface area contributed by atoms with Gasteiger partial charge >= 0.3 is 0 Å². The summed E-state index contributed by atoms with van der Waals surface area (Å²) in [4.78, 5) is 15.3. The number of rotatable bonds is 1. The lowest BCUT2D eigenvalue weighted by Gasteiger charge is -2.20. The van der Waals surface area contributed by atoms with Crippen molar-refractivity contribution in [3.05, 3.63) is 65.2 Å². The summed E-state index contributed by atoms with van der Waals surface area (Å²) in [7, 11) is 1.62. The van der Waals surface area contributed by atoms with Gasteiger partial charge in [0.1, 0.15) is 23.9 Å². The minimum Gasteiger partial charge on any atom is -0.493 e. The number of aromatic nitrogens is 3. The third kappa shape index (κ3) is 5.37. The Balaban J connectivity index is 1.42. The van der Waals surface area contributed by atoms with Gasteiger partial charge in [0.15, 0.2) is 11.5 Å².